The van der Waals surface area contributed by atoms with Crippen LogP contribution in [0.4, 0.5) is 0 Å². The van der Waals surface area contributed by atoms with Gasteiger partial charge in [0.15, 0.2) is 6.10 Å². The number of carbonyl (C=O) groups excluding carboxylic acids is 2. The number of aliphatic carboxylic acids is 1. The van der Waals surface area contributed by atoms with Crippen LogP contribution in [0.3, 0.4) is 0 Å². The molecule has 0 bridgehead atoms. The van der Waals surface area contributed by atoms with Crippen molar-refractivity contribution in [3.8, 4) is 0 Å². The molecular formula is C36H62NO10P. The predicted octanol–water partition coefficient (Wildman–Crippen LogP) is 8.27. The summed E-state index contributed by atoms with van der Waals surface area (Å²) in [6, 6.07) is -1.52. The average molecular weight is 700 g/mol. The molecule has 3 atom stereocenters. The number of nitrogens with two attached hydrogens (primary N) is 1. The van der Waals surface area contributed by atoms with Gasteiger partial charge < -0.3 is 25.2 Å². The molecule has 12 heteroatoms. The van der Waals surface area contributed by atoms with Crippen LogP contribution in [0.2, 0.25) is 0 Å². The van der Waals surface area contributed by atoms with E-state index in [9.17, 15) is 23.8 Å². The Morgan fingerprint density at radius 1 is 0.667 bits per heavy atom. The smallest absolute Gasteiger partial charge is 0.472 e. The van der Waals surface area contributed by atoms with Gasteiger partial charge in [-0.3, -0.25) is 23.4 Å². The Labute approximate surface area is 288 Å². The number of carbonyl (C=O) groups is 3. The van der Waals surface area contributed by atoms with E-state index in [1.165, 1.54) is 32.1 Å². The Morgan fingerprint density at radius 2 is 1.17 bits per heavy atom. The highest BCUT2D eigenvalue weighted by Gasteiger charge is 2.28. The van der Waals surface area contributed by atoms with Crippen LogP contribution in [-0.4, -0.2) is 59.9 Å². The van der Waals surface area contributed by atoms with Gasteiger partial charge in [0.1, 0.15) is 12.6 Å². The first-order valence-electron chi connectivity index (χ1n) is 17.7. The third-order valence-corrected chi connectivity index (χ3v) is 8.14. The van der Waals surface area contributed by atoms with E-state index in [0.29, 0.717) is 12.8 Å². The van der Waals surface area contributed by atoms with E-state index in [0.717, 1.165) is 57.8 Å². The molecule has 0 aliphatic carbocycles. The summed E-state index contributed by atoms with van der Waals surface area (Å²) in [6.07, 6.45) is 31.9. The molecule has 0 heterocycles. The molecule has 0 fully saturated rings. The predicted molar refractivity (Wildman–Crippen MR) is 189 cm³/mol. The second kappa shape index (κ2) is 31.7. The molecule has 0 amide bonds. The summed E-state index contributed by atoms with van der Waals surface area (Å²) >= 11 is 0. The first-order chi connectivity index (χ1) is 23.1. The zero-order valence-electron chi connectivity index (χ0n) is 29.3. The van der Waals surface area contributed by atoms with Crippen molar-refractivity contribution in [2.24, 2.45) is 5.73 Å². The van der Waals surface area contributed by atoms with E-state index in [1.807, 2.05) is 36.5 Å². The van der Waals surface area contributed by atoms with Crippen LogP contribution < -0.4 is 5.73 Å². The number of rotatable bonds is 32. The number of allylic oxidation sites excluding steroid dienone is 8. The third kappa shape index (κ3) is 30.8. The summed E-state index contributed by atoms with van der Waals surface area (Å²) in [5.41, 5.74) is 5.30. The van der Waals surface area contributed by atoms with Crippen molar-refractivity contribution in [3.05, 3.63) is 48.6 Å². The maximum absolute atomic E-state index is 12.5. The fourth-order valence-corrected chi connectivity index (χ4v) is 5.15. The first kappa shape index (κ1) is 45.4. The molecule has 0 aliphatic heterocycles. The molecule has 4 N–H and O–H groups in total. The van der Waals surface area contributed by atoms with Crippen molar-refractivity contribution in [3.63, 3.8) is 0 Å². The van der Waals surface area contributed by atoms with Gasteiger partial charge in [-0.25, -0.2) is 4.57 Å². The number of phosphoric ester groups is 1. The van der Waals surface area contributed by atoms with Gasteiger partial charge in [0.05, 0.1) is 13.2 Å². The Bertz CT molecular complexity index is 1010. The Hall–Kier alpha value is -2.56. The Balaban J connectivity index is 4.53. The van der Waals surface area contributed by atoms with Gasteiger partial charge in [-0.2, -0.15) is 0 Å². The second-order valence-electron chi connectivity index (χ2n) is 11.7. The molecule has 48 heavy (non-hydrogen) atoms. The molecule has 0 aliphatic rings. The van der Waals surface area contributed by atoms with Crippen LogP contribution in [0.25, 0.3) is 0 Å². The zero-order valence-corrected chi connectivity index (χ0v) is 30.2. The number of phosphoric acid groups is 1. The molecule has 0 saturated heterocycles. The SMILES string of the molecule is CC/C=C/C=C/C=C/C=C/CCCCCCCC(=O)O[C@@H](COC(=O)CCCCCCCCCCC)COP(=O)(O)OC[C@H](N)C(=O)O. The van der Waals surface area contributed by atoms with E-state index in [-0.39, 0.29) is 19.4 Å². The van der Waals surface area contributed by atoms with Crippen LogP contribution in [0, 0.1) is 0 Å². The second-order valence-corrected chi connectivity index (χ2v) is 13.2. The molecule has 0 saturated carbocycles. The topological polar surface area (TPSA) is 172 Å². The van der Waals surface area contributed by atoms with Crippen molar-refractivity contribution in [2.75, 3.05) is 19.8 Å². The molecule has 0 aromatic rings. The number of esters is 2. The van der Waals surface area contributed by atoms with Crippen molar-refractivity contribution in [1.29, 1.82) is 0 Å². The number of unbranched alkanes of at least 4 members (excludes halogenated alkanes) is 13. The van der Waals surface area contributed by atoms with E-state index in [1.54, 1.807) is 0 Å². The molecule has 0 aromatic heterocycles. The number of carboxylic acids is 1. The number of hydrogen-bond donors (Lipinski definition) is 3. The van der Waals surface area contributed by atoms with Gasteiger partial charge in [-0.1, -0.05) is 133 Å². The average Bonchev–Trinajstić information content (AvgIpc) is 3.05. The zero-order chi connectivity index (χ0) is 35.7. The number of carboxylic acid groups (broad SMARTS) is 1. The van der Waals surface area contributed by atoms with Gasteiger partial charge in [0.25, 0.3) is 0 Å². The van der Waals surface area contributed by atoms with Crippen LogP contribution in [0.5, 0.6) is 0 Å². The normalized spacial score (nSPS) is 14.6. The Morgan fingerprint density at radius 3 is 1.75 bits per heavy atom. The van der Waals surface area contributed by atoms with Gasteiger partial charge in [-0.15, -0.1) is 0 Å². The molecule has 0 rings (SSSR count). The monoisotopic (exact) mass is 699 g/mol. The van der Waals surface area contributed by atoms with Crippen LogP contribution in [0.1, 0.15) is 129 Å². The summed E-state index contributed by atoms with van der Waals surface area (Å²) in [6.45, 7) is 2.57. The largest absolute Gasteiger partial charge is 0.480 e. The highest BCUT2D eigenvalue weighted by atomic mass is 31.2. The summed E-state index contributed by atoms with van der Waals surface area (Å²) in [5, 5.41) is 8.84. The lowest BCUT2D eigenvalue weighted by atomic mass is 10.1. The van der Waals surface area contributed by atoms with E-state index in [2.05, 4.69) is 30.5 Å². The van der Waals surface area contributed by atoms with Gasteiger partial charge in [-0.05, 0) is 32.1 Å². The fraction of sp³-hybridized carbons (Fsp3) is 0.694. The maximum atomic E-state index is 12.5. The molecule has 1 unspecified atom stereocenters. The maximum Gasteiger partial charge on any atom is 0.472 e. The lowest BCUT2D eigenvalue weighted by Gasteiger charge is -2.20. The van der Waals surface area contributed by atoms with Crippen molar-refractivity contribution < 1.29 is 47.5 Å². The quantitative estimate of drug-likeness (QED) is 0.0267. The standard InChI is InChI=1S/C36H62NO10P/c1-3-5-7-9-11-13-14-15-16-17-18-20-22-24-26-28-35(39)47-32(30-45-48(42,43)46-31-33(37)36(40)41)29-44-34(38)27-25-23-21-19-12-10-8-6-4-2/h5,7,9,11,13-16,32-33H,3-4,6,8,10,12,17-31,37H2,1-2H3,(H,40,41)(H,42,43)/b7-5+,11-9+,14-13+,16-15+/t32-,33-/m0/s1. The fourth-order valence-electron chi connectivity index (χ4n) is 4.37. The van der Waals surface area contributed by atoms with E-state index in [4.69, 9.17) is 24.8 Å². The van der Waals surface area contributed by atoms with Crippen LogP contribution in [-0.2, 0) is 37.5 Å². The lowest BCUT2D eigenvalue weighted by Crippen LogP contribution is -2.34. The van der Waals surface area contributed by atoms with Gasteiger partial charge in [0, 0.05) is 12.8 Å². The summed E-state index contributed by atoms with van der Waals surface area (Å²) in [5.74, 6) is -2.42. The summed E-state index contributed by atoms with van der Waals surface area (Å²) < 4.78 is 32.4. The van der Waals surface area contributed by atoms with Crippen molar-refractivity contribution in [2.45, 2.75) is 142 Å². The molecule has 0 spiro atoms. The molecule has 276 valence electrons. The van der Waals surface area contributed by atoms with Crippen molar-refractivity contribution >= 4 is 25.7 Å². The number of hydrogen-bond acceptors (Lipinski definition) is 9. The van der Waals surface area contributed by atoms with Crippen molar-refractivity contribution in [1.82, 2.24) is 0 Å². The lowest BCUT2D eigenvalue weighted by molar-refractivity contribution is -0.161. The summed E-state index contributed by atoms with van der Waals surface area (Å²) in [4.78, 5) is 45.6. The van der Waals surface area contributed by atoms with E-state index >= 15 is 0 Å². The summed E-state index contributed by atoms with van der Waals surface area (Å²) in [7, 11) is -4.71. The minimum atomic E-state index is -4.71. The van der Waals surface area contributed by atoms with E-state index < -0.39 is 51.1 Å². The molecule has 11 nitrogen and oxygen atoms in total. The molecule has 0 radical (unpaired) electrons. The highest BCUT2D eigenvalue weighted by molar-refractivity contribution is 7.47. The number of ether oxygens (including phenoxy) is 2. The Kier molecular flexibility index (Phi) is 30.0. The molecule has 0 aromatic carbocycles. The highest BCUT2D eigenvalue weighted by Crippen LogP contribution is 2.43. The van der Waals surface area contributed by atoms with Gasteiger partial charge in [0.2, 0.25) is 0 Å². The van der Waals surface area contributed by atoms with Crippen LogP contribution >= 0.6 is 7.82 Å². The third-order valence-electron chi connectivity index (χ3n) is 7.19. The first-order valence-corrected chi connectivity index (χ1v) is 19.2. The van der Waals surface area contributed by atoms with Crippen LogP contribution in [0.15, 0.2) is 48.6 Å². The molecular weight excluding hydrogens is 637 g/mol. The van der Waals surface area contributed by atoms with Gasteiger partial charge >= 0.3 is 25.7 Å². The minimum absolute atomic E-state index is 0.134. The minimum Gasteiger partial charge on any atom is -0.480 e.